The van der Waals surface area contributed by atoms with Crippen molar-refractivity contribution >= 4 is 5.97 Å². The molecule has 0 aromatic carbocycles. The van der Waals surface area contributed by atoms with Crippen molar-refractivity contribution in [2.75, 3.05) is 6.54 Å². The Morgan fingerprint density at radius 2 is 2.56 bits per heavy atom. The molecule has 1 aliphatic heterocycles. The predicted molar refractivity (Wildman–Crippen MR) is 57.0 cm³/mol. The molecule has 0 radical (unpaired) electrons. The number of carbonyl (C=O) groups is 1. The number of hydrogen-bond donors (Lipinski definition) is 2. The summed E-state index contributed by atoms with van der Waals surface area (Å²) in [5.74, 6) is 0.520. The average Bonchev–Trinajstić information content (AvgIpc) is 2.64. The van der Waals surface area contributed by atoms with Gasteiger partial charge in [-0.1, -0.05) is 0 Å². The van der Waals surface area contributed by atoms with E-state index in [2.05, 4.69) is 15.4 Å². The van der Waals surface area contributed by atoms with Crippen LogP contribution in [0.5, 0.6) is 0 Å². The number of aromatic nitrogens is 3. The van der Waals surface area contributed by atoms with Gasteiger partial charge in [0.1, 0.15) is 12.2 Å². The van der Waals surface area contributed by atoms with Crippen molar-refractivity contribution < 1.29 is 9.90 Å². The van der Waals surface area contributed by atoms with Crippen LogP contribution >= 0.6 is 0 Å². The Kier molecular flexibility index (Phi) is 3.19. The van der Waals surface area contributed by atoms with Gasteiger partial charge in [-0.15, -0.1) is 0 Å². The highest BCUT2D eigenvalue weighted by Gasteiger charge is 2.26. The van der Waals surface area contributed by atoms with Crippen LogP contribution in [0, 0.1) is 0 Å². The largest absolute Gasteiger partial charge is 0.481 e. The first-order valence-corrected chi connectivity index (χ1v) is 5.46. The number of aryl methyl sites for hydroxylation is 1. The second kappa shape index (κ2) is 4.61. The molecule has 16 heavy (non-hydrogen) atoms. The molecule has 6 nitrogen and oxygen atoms in total. The number of nitrogens with zero attached hydrogens (tertiary/aromatic N) is 3. The Balaban J connectivity index is 2.02. The maximum atomic E-state index is 10.7. The van der Waals surface area contributed by atoms with Gasteiger partial charge >= 0.3 is 5.97 Å². The summed E-state index contributed by atoms with van der Waals surface area (Å²) in [6.45, 7) is 0.843. The zero-order valence-corrected chi connectivity index (χ0v) is 9.26. The zero-order valence-electron chi connectivity index (χ0n) is 9.26. The molecule has 6 heteroatoms. The van der Waals surface area contributed by atoms with Gasteiger partial charge in [-0.3, -0.25) is 9.48 Å². The van der Waals surface area contributed by atoms with Crippen molar-refractivity contribution in [3.63, 3.8) is 0 Å². The summed E-state index contributed by atoms with van der Waals surface area (Å²) in [5, 5.41) is 16.0. The molecule has 2 heterocycles. The smallest absolute Gasteiger partial charge is 0.304 e. The molecule has 0 amide bonds. The van der Waals surface area contributed by atoms with Gasteiger partial charge in [0.05, 0.1) is 6.42 Å². The van der Waals surface area contributed by atoms with Gasteiger partial charge in [0.15, 0.2) is 0 Å². The van der Waals surface area contributed by atoms with Gasteiger partial charge in [0.25, 0.3) is 0 Å². The predicted octanol–water partition coefficient (Wildman–Crippen LogP) is 0.125. The molecular formula is C10H16N4O2. The van der Waals surface area contributed by atoms with E-state index in [0.29, 0.717) is 5.92 Å². The lowest BCUT2D eigenvalue weighted by Crippen LogP contribution is -2.39. The van der Waals surface area contributed by atoms with Crippen molar-refractivity contribution in [3.8, 4) is 0 Å². The van der Waals surface area contributed by atoms with Crippen molar-refractivity contribution in [2.45, 2.75) is 31.2 Å². The van der Waals surface area contributed by atoms with Crippen LogP contribution in [-0.4, -0.2) is 38.4 Å². The minimum Gasteiger partial charge on any atom is -0.481 e. The molecule has 0 spiro atoms. The van der Waals surface area contributed by atoms with Crippen LogP contribution in [0.4, 0.5) is 0 Å². The van der Waals surface area contributed by atoms with Crippen molar-refractivity contribution in [2.24, 2.45) is 7.05 Å². The average molecular weight is 224 g/mol. The lowest BCUT2D eigenvalue weighted by Gasteiger charge is -2.28. The maximum Gasteiger partial charge on any atom is 0.304 e. The maximum absolute atomic E-state index is 10.7. The highest BCUT2D eigenvalue weighted by atomic mass is 16.4. The molecule has 2 rings (SSSR count). The van der Waals surface area contributed by atoms with E-state index in [4.69, 9.17) is 5.11 Å². The lowest BCUT2D eigenvalue weighted by atomic mass is 9.90. The molecular weight excluding hydrogens is 208 g/mol. The third-order valence-corrected chi connectivity index (χ3v) is 3.03. The van der Waals surface area contributed by atoms with E-state index in [1.54, 1.807) is 11.0 Å². The molecule has 0 saturated carbocycles. The number of hydrogen-bond acceptors (Lipinski definition) is 4. The third-order valence-electron chi connectivity index (χ3n) is 3.03. The fraction of sp³-hybridized carbons (Fsp3) is 0.700. The van der Waals surface area contributed by atoms with E-state index in [-0.39, 0.29) is 12.5 Å². The van der Waals surface area contributed by atoms with E-state index < -0.39 is 5.97 Å². The minimum absolute atomic E-state index is 0.0490. The fourth-order valence-electron chi connectivity index (χ4n) is 2.28. The van der Waals surface area contributed by atoms with Crippen molar-refractivity contribution in [1.29, 1.82) is 0 Å². The summed E-state index contributed by atoms with van der Waals surface area (Å²) in [7, 11) is 1.87. The van der Waals surface area contributed by atoms with Crippen molar-refractivity contribution in [1.82, 2.24) is 20.1 Å². The summed E-state index contributed by atoms with van der Waals surface area (Å²) in [6, 6.07) is 0.0490. The quantitative estimate of drug-likeness (QED) is 0.762. The lowest BCUT2D eigenvalue weighted by molar-refractivity contribution is -0.137. The standard InChI is InChI=1S/C10H16N4O2/c1-14-10(12-6-13-14)7-2-3-11-8(4-7)5-9(15)16/h6-8,11H,2-5H2,1H3,(H,15,16). The number of piperidine rings is 1. The monoisotopic (exact) mass is 224 g/mol. The van der Waals surface area contributed by atoms with Gasteiger partial charge in [0.2, 0.25) is 0 Å². The van der Waals surface area contributed by atoms with Gasteiger partial charge in [0, 0.05) is 19.0 Å². The summed E-state index contributed by atoms with van der Waals surface area (Å²) in [6.07, 6.45) is 3.53. The molecule has 1 fully saturated rings. The van der Waals surface area contributed by atoms with Gasteiger partial charge < -0.3 is 10.4 Å². The molecule has 88 valence electrons. The zero-order chi connectivity index (χ0) is 11.5. The summed E-state index contributed by atoms with van der Waals surface area (Å²) >= 11 is 0. The number of aliphatic carboxylic acids is 1. The first kappa shape index (κ1) is 11.1. The molecule has 1 aromatic rings. The Hall–Kier alpha value is -1.43. The molecule has 0 bridgehead atoms. The molecule has 1 aliphatic rings. The van der Waals surface area contributed by atoms with E-state index in [9.17, 15) is 4.79 Å². The number of carboxylic acid groups (broad SMARTS) is 1. The van der Waals surface area contributed by atoms with Gasteiger partial charge in [-0.05, 0) is 19.4 Å². The second-order valence-corrected chi connectivity index (χ2v) is 4.21. The minimum atomic E-state index is -0.754. The van der Waals surface area contributed by atoms with Crippen molar-refractivity contribution in [3.05, 3.63) is 12.2 Å². The summed E-state index contributed by atoms with van der Waals surface area (Å²) in [4.78, 5) is 14.9. The Morgan fingerprint density at radius 1 is 1.75 bits per heavy atom. The fourth-order valence-corrected chi connectivity index (χ4v) is 2.28. The van der Waals surface area contributed by atoms with Crippen LogP contribution in [0.25, 0.3) is 0 Å². The van der Waals surface area contributed by atoms with Crippen LogP contribution in [0.2, 0.25) is 0 Å². The molecule has 0 aliphatic carbocycles. The van der Waals surface area contributed by atoms with E-state index in [0.717, 1.165) is 25.2 Å². The molecule has 2 unspecified atom stereocenters. The van der Waals surface area contributed by atoms with Crippen LogP contribution in [0.3, 0.4) is 0 Å². The molecule has 1 saturated heterocycles. The highest BCUT2D eigenvalue weighted by Crippen LogP contribution is 2.26. The SMILES string of the molecule is Cn1ncnc1C1CCNC(CC(=O)O)C1. The van der Waals surface area contributed by atoms with Gasteiger partial charge in [-0.2, -0.15) is 5.10 Å². The number of carboxylic acids is 1. The topological polar surface area (TPSA) is 80.0 Å². The van der Waals surface area contributed by atoms with Crippen LogP contribution in [0.15, 0.2) is 6.33 Å². The molecule has 2 atom stereocenters. The van der Waals surface area contributed by atoms with E-state index in [1.165, 1.54) is 0 Å². The Morgan fingerprint density at radius 3 is 3.19 bits per heavy atom. The Bertz CT molecular complexity index is 377. The van der Waals surface area contributed by atoms with Crippen LogP contribution in [0.1, 0.15) is 31.0 Å². The normalized spacial score (nSPS) is 25.6. The third kappa shape index (κ3) is 2.38. The number of rotatable bonds is 3. The summed E-state index contributed by atoms with van der Waals surface area (Å²) in [5.41, 5.74) is 0. The second-order valence-electron chi connectivity index (χ2n) is 4.21. The van der Waals surface area contributed by atoms with Crippen LogP contribution < -0.4 is 5.32 Å². The molecule has 1 aromatic heterocycles. The first-order chi connectivity index (χ1) is 7.66. The Labute approximate surface area is 93.7 Å². The molecule has 2 N–H and O–H groups in total. The highest BCUT2D eigenvalue weighted by molar-refractivity contribution is 5.67. The van der Waals surface area contributed by atoms with Crippen LogP contribution in [-0.2, 0) is 11.8 Å². The summed E-state index contributed by atoms with van der Waals surface area (Å²) < 4.78 is 1.77. The van der Waals surface area contributed by atoms with E-state index in [1.807, 2.05) is 7.05 Å². The van der Waals surface area contributed by atoms with Gasteiger partial charge in [-0.25, -0.2) is 4.98 Å². The first-order valence-electron chi connectivity index (χ1n) is 5.46. The number of nitrogens with one attached hydrogen (secondary N) is 1. The van der Waals surface area contributed by atoms with E-state index >= 15 is 0 Å².